The SMILES string of the molecule is CC(C)(C)NCC(O)c1ccc(O)c(CO)c1.CC(C)NCC(O)COc1cccc2[nH]ccc12. The lowest BCUT2D eigenvalue weighted by molar-refractivity contribution is 0.105. The highest BCUT2D eigenvalue weighted by molar-refractivity contribution is 5.85. The molecule has 7 N–H and O–H groups in total. The average molecular weight is 488 g/mol. The van der Waals surface area contributed by atoms with Crippen molar-refractivity contribution >= 4 is 10.9 Å². The second-order valence-electron chi connectivity index (χ2n) is 9.92. The van der Waals surface area contributed by atoms with Crippen molar-refractivity contribution in [3.05, 3.63) is 59.8 Å². The Kier molecular flexibility index (Phi) is 11.0. The van der Waals surface area contributed by atoms with Gasteiger partial charge in [-0.1, -0.05) is 26.0 Å². The summed E-state index contributed by atoms with van der Waals surface area (Å²) in [5.41, 5.74) is 2.10. The first-order valence-electron chi connectivity index (χ1n) is 12.0. The van der Waals surface area contributed by atoms with Crippen molar-refractivity contribution in [2.75, 3.05) is 19.7 Å². The predicted molar refractivity (Wildman–Crippen MR) is 140 cm³/mol. The normalized spacial score (nSPS) is 13.4. The molecule has 2 aromatic carbocycles. The van der Waals surface area contributed by atoms with E-state index in [4.69, 9.17) is 9.84 Å². The Morgan fingerprint density at radius 3 is 2.43 bits per heavy atom. The van der Waals surface area contributed by atoms with Gasteiger partial charge >= 0.3 is 0 Å². The molecule has 0 aliphatic rings. The Balaban J connectivity index is 0.000000247. The minimum Gasteiger partial charge on any atom is -0.508 e. The summed E-state index contributed by atoms with van der Waals surface area (Å²) in [6.07, 6.45) is 0.732. The number of benzene rings is 2. The van der Waals surface area contributed by atoms with Crippen LogP contribution in [0.5, 0.6) is 11.5 Å². The fraction of sp³-hybridized carbons (Fsp3) is 0.481. The fourth-order valence-electron chi connectivity index (χ4n) is 3.26. The van der Waals surface area contributed by atoms with Crippen molar-refractivity contribution in [3.63, 3.8) is 0 Å². The summed E-state index contributed by atoms with van der Waals surface area (Å²) in [6.45, 7) is 11.2. The van der Waals surface area contributed by atoms with E-state index < -0.39 is 12.2 Å². The second kappa shape index (κ2) is 13.5. The largest absolute Gasteiger partial charge is 0.508 e. The highest BCUT2D eigenvalue weighted by Gasteiger charge is 2.14. The Morgan fingerprint density at radius 1 is 1.03 bits per heavy atom. The molecule has 2 unspecified atom stereocenters. The van der Waals surface area contributed by atoms with Crippen molar-refractivity contribution in [1.29, 1.82) is 0 Å². The molecule has 0 radical (unpaired) electrons. The van der Waals surface area contributed by atoms with Crippen LogP contribution in [0.4, 0.5) is 0 Å². The van der Waals surface area contributed by atoms with Crippen molar-refractivity contribution < 1.29 is 25.2 Å². The molecule has 1 heterocycles. The van der Waals surface area contributed by atoms with E-state index in [2.05, 4.69) is 15.6 Å². The van der Waals surface area contributed by atoms with E-state index in [0.717, 1.165) is 16.7 Å². The maximum absolute atomic E-state index is 9.97. The van der Waals surface area contributed by atoms with Gasteiger partial charge in [0.1, 0.15) is 24.2 Å². The summed E-state index contributed by atoms with van der Waals surface area (Å²) >= 11 is 0. The third kappa shape index (κ3) is 9.87. The Labute approximate surface area is 208 Å². The molecule has 0 saturated carbocycles. The van der Waals surface area contributed by atoms with Crippen LogP contribution in [0.3, 0.4) is 0 Å². The minimum absolute atomic E-state index is 0.0484. The van der Waals surface area contributed by atoms with E-state index in [-0.39, 0.29) is 17.9 Å². The van der Waals surface area contributed by atoms with Crippen molar-refractivity contribution in [1.82, 2.24) is 15.6 Å². The predicted octanol–water partition coefficient (Wildman–Crippen LogP) is 3.21. The molecule has 0 fully saturated rings. The molecule has 0 aliphatic carbocycles. The molecule has 194 valence electrons. The zero-order valence-electron chi connectivity index (χ0n) is 21.4. The molecule has 0 bridgehead atoms. The van der Waals surface area contributed by atoms with Crippen molar-refractivity contribution in [3.8, 4) is 11.5 Å². The zero-order valence-corrected chi connectivity index (χ0v) is 21.4. The van der Waals surface area contributed by atoms with Gasteiger partial charge in [-0.15, -0.1) is 0 Å². The molecule has 0 aliphatic heterocycles. The van der Waals surface area contributed by atoms with Crippen LogP contribution in [0, 0.1) is 0 Å². The molecule has 3 aromatic rings. The first-order valence-corrected chi connectivity index (χ1v) is 12.0. The first-order chi connectivity index (χ1) is 16.5. The summed E-state index contributed by atoms with van der Waals surface area (Å²) < 4.78 is 5.66. The Morgan fingerprint density at radius 2 is 1.77 bits per heavy atom. The number of aromatic amines is 1. The fourth-order valence-corrected chi connectivity index (χ4v) is 3.26. The summed E-state index contributed by atoms with van der Waals surface area (Å²) in [4.78, 5) is 3.13. The summed E-state index contributed by atoms with van der Waals surface area (Å²) in [5, 5.41) is 45.6. The quantitative estimate of drug-likeness (QED) is 0.234. The zero-order chi connectivity index (χ0) is 26.0. The summed E-state index contributed by atoms with van der Waals surface area (Å²) in [5.74, 6) is 0.851. The number of hydrogen-bond acceptors (Lipinski definition) is 7. The monoisotopic (exact) mass is 487 g/mol. The number of phenols is 1. The van der Waals surface area contributed by atoms with Crippen LogP contribution in [0.15, 0.2) is 48.7 Å². The highest BCUT2D eigenvalue weighted by Crippen LogP contribution is 2.24. The molecular weight excluding hydrogens is 446 g/mol. The number of H-pyrrole nitrogens is 1. The number of aromatic nitrogens is 1. The van der Waals surface area contributed by atoms with Crippen LogP contribution in [-0.4, -0.2) is 62.8 Å². The van der Waals surface area contributed by atoms with Crippen LogP contribution in [0.1, 0.15) is 51.8 Å². The number of aliphatic hydroxyl groups is 3. The Hall–Kier alpha value is -2.62. The van der Waals surface area contributed by atoms with E-state index in [0.29, 0.717) is 36.9 Å². The summed E-state index contributed by atoms with van der Waals surface area (Å²) in [6, 6.07) is 13.0. The van der Waals surface area contributed by atoms with Gasteiger partial charge in [0, 0.05) is 47.3 Å². The number of nitrogens with one attached hydrogen (secondary N) is 3. The van der Waals surface area contributed by atoms with Crippen LogP contribution >= 0.6 is 0 Å². The molecule has 0 amide bonds. The molecular formula is C27H41N3O5. The lowest BCUT2D eigenvalue weighted by Crippen LogP contribution is -2.38. The van der Waals surface area contributed by atoms with Gasteiger partial charge in [-0.3, -0.25) is 0 Å². The number of aromatic hydroxyl groups is 1. The highest BCUT2D eigenvalue weighted by atomic mass is 16.5. The number of hydrogen-bond donors (Lipinski definition) is 7. The van der Waals surface area contributed by atoms with Gasteiger partial charge in [-0.05, 0) is 56.7 Å². The molecule has 1 aromatic heterocycles. The maximum atomic E-state index is 9.97. The molecule has 0 spiro atoms. The molecule has 35 heavy (non-hydrogen) atoms. The van der Waals surface area contributed by atoms with Gasteiger partial charge in [0.15, 0.2) is 0 Å². The third-order valence-electron chi connectivity index (χ3n) is 5.23. The number of rotatable bonds is 10. The second-order valence-corrected chi connectivity index (χ2v) is 9.92. The van der Waals surface area contributed by atoms with Crippen molar-refractivity contribution in [2.24, 2.45) is 0 Å². The van der Waals surface area contributed by atoms with Crippen LogP contribution in [0.25, 0.3) is 10.9 Å². The van der Waals surface area contributed by atoms with E-state index in [1.165, 1.54) is 6.07 Å². The van der Waals surface area contributed by atoms with Crippen LogP contribution in [-0.2, 0) is 6.61 Å². The average Bonchev–Trinajstić information content (AvgIpc) is 3.29. The van der Waals surface area contributed by atoms with Crippen LogP contribution < -0.4 is 15.4 Å². The number of β-amino-alcohol motifs (C(OH)–C–C–N with tert-alkyl or cyclic N) is 1. The van der Waals surface area contributed by atoms with E-state index in [9.17, 15) is 15.3 Å². The standard InChI is InChI=1S/C14H20N2O2.C13H21NO3/c1-10(2)16-8-11(17)9-18-14-5-3-4-13-12(14)6-7-15-13;1-13(2,3)14-7-12(17)9-4-5-11(16)10(6-9)8-15/h3-7,10-11,15-17H,8-9H2,1-2H3;4-6,12,14-17H,7-8H2,1-3H3. The molecule has 8 heteroatoms. The molecule has 8 nitrogen and oxygen atoms in total. The van der Waals surface area contributed by atoms with Gasteiger partial charge in [0.25, 0.3) is 0 Å². The van der Waals surface area contributed by atoms with E-state index in [1.54, 1.807) is 12.1 Å². The molecule has 0 saturated heterocycles. The van der Waals surface area contributed by atoms with Gasteiger partial charge in [0.05, 0.1) is 12.7 Å². The molecule has 2 atom stereocenters. The van der Waals surface area contributed by atoms with E-state index in [1.807, 2.05) is 65.1 Å². The van der Waals surface area contributed by atoms with Crippen LogP contribution in [0.2, 0.25) is 0 Å². The number of ether oxygens (including phenoxy) is 1. The minimum atomic E-state index is -0.653. The van der Waals surface area contributed by atoms with Gasteiger partial charge in [0.2, 0.25) is 0 Å². The van der Waals surface area contributed by atoms with Crippen molar-refractivity contribution in [2.45, 2.75) is 65.0 Å². The lowest BCUT2D eigenvalue weighted by Gasteiger charge is -2.23. The lowest BCUT2D eigenvalue weighted by atomic mass is 10.0. The third-order valence-corrected chi connectivity index (χ3v) is 5.23. The van der Waals surface area contributed by atoms with Gasteiger partial charge in [-0.2, -0.15) is 0 Å². The topological polar surface area (TPSA) is 130 Å². The van der Waals surface area contributed by atoms with Gasteiger partial charge < -0.3 is 40.8 Å². The number of aliphatic hydroxyl groups excluding tert-OH is 3. The van der Waals surface area contributed by atoms with E-state index >= 15 is 0 Å². The summed E-state index contributed by atoms with van der Waals surface area (Å²) in [7, 11) is 0. The Bertz CT molecular complexity index is 1030. The first kappa shape index (κ1) is 28.6. The number of fused-ring (bicyclic) bond motifs is 1. The van der Waals surface area contributed by atoms with Gasteiger partial charge in [-0.25, -0.2) is 0 Å². The molecule has 3 rings (SSSR count). The smallest absolute Gasteiger partial charge is 0.128 e. The maximum Gasteiger partial charge on any atom is 0.128 e.